The maximum atomic E-state index is 5.79. The quantitative estimate of drug-likeness (QED) is 0.841. The number of nitrogen functional groups attached to an aromatic ring is 1. The highest BCUT2D eigenvalue weighted by atomic mass is 32.2. The van der Waals surface area contributed by atoms with E-state index in [-0.39, 0.29) is 0 Å². The van der Waals surface area contributed by atoms with Crippen molar-refractivity contribution < 1.29 is 9.15 Å². The van der Waals surface area contributed by atoms with Crippen molar-refractivity contribution in [2.75, 3.05) is 12.3 Å². The number of hydrogen-bond acceptors (Lipinski definition) is 6. The van der Waals surface area contributed by atoms with Gasteiger partial charge in [-0.2, -0.15) is 0 Å². The van der Waals surface area contributed by atoms with Gasteiger partial charge in [0.15, 0.2) is 0 Å². The molecule has 0 aliphatic heterocycles. The number of nitrogens with zero attached hydrogens (tertiary/aromatic N) is 2. The summed E-state index contributed by atoms with van der Waals surface area (Å²) in [6.45, 7) is 4.28. The summed E-state index contributed by atoms with van der Waals surface area (Å²) < 4.78 is 10.7. The van der Waals surface area contributed by atoms with Crippen molar-refractivity contribution >= 4 is 17.4 Å². The fourth-order valence-corrected chi connectivity index (χ4v) is 2.14. The monoisotopic (exact) mass is 251 g/mol. The molecular formula is C11H13N3O2S. The minimum Gasteiger partial charge on any atom is -0.494 e. The number of hydrogen-bond donors (Lipinski definition) is 1. The van der Waals surface area contributed by atoms with Gasteiger partial charge in [-0.25, -0.2) is 0 Å². The van der Waals surface area contributed by atoms with Crippen LogP contribution in [0.3, 0.4) is 0 Å². The third-order valence-electron chi connectivity index (χ3n) is 1.93. The molecular weight excluding hydrogens is 238 g/mol. The number of benzene rings is 1. The lowest BCUT2D eigenvalue weighted by atomic mass is 10.3. The smallest absolute Gasteiger partial charge is 0.281 e. The minimum atomic E-state index is 0.496. The zero-order chi connectivity index (χ0) is 12.3. The molecule has 0 saturated carbocycles. The van der Waals surface area contributed by atoms with Gasteiger partial charge in [-0.1, -0.05) is 0 Å². The van der Waals surface area contributed by atoms with Gasteiger partial charge in [-0.05, 0) is 30.8 Å². The first-order chi connectivity index (χ1) is 8.17. The van der Waals surface area contributed by atoms with Crippen LogP contribution in [0, 0.1) is 6.92 Å². The highest BCUT2D eigenvalue weighted by molar-refractivity contribution is 7.99. The van der Waals surface area contributed by atoms with Gasteiger partial charge in [0, 0.05) is 23.6 Å². The lowest BCUT2D eigenvalue weighted by molar-refractivity contribution is 0.339. The molecule has 0 radical (unpaired) electrons. The summed E-state index contributed by atoms with van der Waals surface area (Å²) >= 11 is 1.36. The highest BCUT2D eigenvalue weighted by Crippen LogP contribution is 2.31. The Morgan fingerprint density at radius 1 is 1.35 bits per heavy atom. The molecule has 17 heavy (non-hydrogen) atoms. The van der Waals surface area contributed by atoms with E-state index in [1.54, 1.807) is 13.0 Å². The predicted molar refractivity (Wildman–Crippen MR) is 65.2 cm³/mol. The van der Waals surface area contributed by atoms with E-state index in [1.807, 2.05) is 19.1 Å². The van der Waals surface area contributed by atoms with Crippen LogP contribution in [-0.4, -0.2) is 16.8 Å². The Hall–Kier alpha value is -1.69. The lowest BCUT2D eigenvalue weighted by Crippen LogP contribution is -1.93. The van der Waals surface area contributed by atoms with Crippen LogP contribution in [-0.2, 0) is 0 Å². The standard InChI is InChI=1S/C11H13N3O2S/c1-3-15-9-4-8(12)5-10(6-9)17-11-14-13-7(2)16-11/h4-6H,3,12H2,1-2H3. The van der Waals surface area contributed by atoms with E-state index in [9.17, 15) is 0 Å². The van der Waals surface area contributed by atoms with Crippen molar-refractivity contribution in [2.45, 2.75) is 24.0 Å². The van der Waals surface area contributed by atoms with Crippen LogP contribution in [0.15, 0.2) is 32.7 Å². The van der Waals surface area contributed by atoms with Crippen molar-refractivity contribution in [2.24, 2.45) is 0 Å². The molecule has 1 aromatic carbocycles. The molecule has 0 atom stereocenters. The van der Waals surface area contributed by atoms with Gasteiger partial charge in [0.2, 0.25) is 5.89 Å². The maximum absolute atomic E-state index is 5.79. The number of anilines is 1. The zero-order valence-electron chi connectivity index (χ0n) is 9.64. The third-order valence-corrected chi connectivity index (χ3v) is 2.74. The van der Waals surface area contributed by atoms with Crippen molar-refractivity contribution in [1.29, 1.82) is 0 Å². The summed E-state index contributed by atoms with van der Waals surface area (Å²) in [6.07, 6.45) is 0. The molecule has 6 heteroatoms. The summed E-state index contributed by atoms with van der Waals surface area (Å²) in [4.78, 5) is 0.914. The largest absolute Gasteiger partial charge is 0.494 e. The molecule has 1 heterocycles. The first-order valence-electron chi connectivity index (χ1n) is 5.18. The van der Waals surface area contributed by atoms with Crippen molar-refractivity contribution in [3.8, 4) is 5.75 Å². The fraction of sp³-hybridized carbons (Fsp3) is 0.273. The van der Waals surface area contributed by atoms with E-state index in [1.165, 1.54) is 11.8 Å². The van der Waals surface area contributed by atoms with Gasteiger partial charge < -0.3 is 14.9 Å². The van der Waals surface area contributed by atoms with Gasteiger partial charge in [-0.15, -0.1) is 10.2 Å². The van der Waals surface area contributed by atoms with Crippen molar-refractivity contribution in [3.05, 3.63) is 24.1 Å². The fourth-order valence-electron chi connectivity index (χ4n) is 1.32. The molecule has 0 amide bonds. The molecule has 0 saturated heterocycles. The molecule has 2 N–H and O–H groups in total. The lowest BCUT2D eigenvalue weighted by Gasteiger charge is -2.06. The minimum absolute atomic E-state index is 0.496. The average Bonchev–Trinajstić information content (AvgIpc) is 2.63. The van der Waals surface area contributed by atoms with E-state index in [2.05, 4.69) is 10.2 Å². The van der Waals surface area contributed by atoms with Gasteiger partial charge in [0.25, 0.3) is 5.22 Å². The van der Waals surface area contributed by atoms with Gasteiger partial charge in [-0.3, -0.25) is 0 Å². The maximum Gasteiger partial charge on any atom is 0.281 e. The van der Waals surface area contributed by atoms with E-state index in [4.69, 9.17) is 14.9 Å². The molecule has 0 spiro atoms. The number of aromatic nitrogens is 2. The van der Waals surface area contributed by atoms with Gasteiger partial charge in [0.05, 0.1) is 6.61 Å². The first kappa shape index (κ1) is 11.8. The average molecular weight is 251 g/mol. The van der Waals surface area contributed by atoms with Gasteiger partial charge >= 0.3 is 0 Å². The van der Waals surface area contributed by atoms with Gasteiger partial charge in [0.1, 0.15) is 5.75 Å². The number of rotatable bonds is 4. The second kappa shape index (κ2) is 5.09. The third kappa shape index (κ3) is 3.13. The molecule has 0 bridgehead atoms. The van der Waals surface area contributed by atoms with E-state index in [0.717, 1.165) is 10.6 Å². The Kier molecular flexibility index (Phi) is 3.53. The van der Waals surface area contributed by atoms with E-state index >= 15 is 0 Å². The SMILES string of the molecule is CCOc1cc(N)cc(Sc2nnc(C)o2)c1. The summed E-state index contributed by atoms with van der Waals surface area (Å²) in [6, 6.07) is 5.52. The van der Waals surface area contributed by atoms with Crippen molar-refractivity contribution in [1.82, 2.24) is 10.2 Å². The van der Waals surface area contributed by atoms with Crippen LogP contribution in [0.25, 0.3) is 0 Å². The molecule has 0 unspecified atom stereocenters. The second-order valence-electron chi connectivity index (χ2n) is 3.36. The molecule has 5 nitrogen and oxygen atoms in total. The summed E-state index contributed by atoms with van der Waals surface area (Å²) in [5.41, 5.74) is 6.44. The molecule has 90 valence electrons. The molecule has 2 rings (SSSR count). The van der Waals surface area contributed by atoms with E-state index < -0.39 is 0 Å². The number of aryl methyl sites for hydroxylation is 1. The molecule has 1 aromatic heterocycles. The number of ether oxygens (including phenoxy) is 1. The highest BCUT2D eigenvalue weighted by Gasteiger charge is 2.07. The van der Waals surface area contributed by atoms with Crippen LogP contribution in [0.2, 0.25) is 0 Å². The van der Waals surface area contributed by atoms with Crippen LogP contribution in [0.4, 0.5) is 5.69 Å². The van der Waals surface area contributed by atoms with Crippen LogP contribution < -0.4 is 10.5 Å². The molecule has 0 aliphatic rings. The Morgan fingerprint density at radius 3 is 2.82 bits per heavy atom. The number of nitrogens with two attached hydrogens (primary N) is 1. The molecule has 0 aliphatic carbocycles. The van der Waals surface area contributed by atoms with Crippen LogP contribution in [0.5, 0.6) is 5.75 Å². The van der Waals surface area contributed by atoms with Crippen molar-refractivity contribution in [3.63, 3.8) is 0 Å². The molecule has 0 fully saturated rings. The predicted octanol–water partition coefficient (Wildman–Crippen LogP) is 2.51. The summed E-state index contributed by atoms with van der Waals surface area (Å²) in [5, 5.41) is 8.17. The Balaban J connectivity index is 2.20. The normalized spacial score (nSPS) is 10.5. The second-order valence-corrected chi connectivity index (χ2v) is 4.38. The van der Waals surface area contributed by atoms with Crippen LogP contribution >= 0.6 is 11.8 Å². The first-order valence-corrected chi connectivity index (χ1v) is 6.00. The summed E-state index contributed by atoms with van der Waals surface area (Å²) in [7, 11) is 0. The molecule has 2 aromatic rings. The summed E-state index contributed by atoms with van der Waals surface area (Å²) in [5.74, 6) is 1.28. The Labute approximate surface area is 103 Å². The zero-order valence-corrected chi connectivity index (χ0v) is 10.5. The Bertz CT molecular complexity index is 513. The Morgan fingerprint density at radius 2 is 2.18 bits per heavy atom. The van der Waals surface area contributed by atoms with E-state index in [0.29, 0.717) is 23.4 Å². The van der Waals surface area contributed by atoms with Crippen LogP contribution in [0.1, 0.15) is 12.8 Å². The topological polar surface area (TPSA) is 74.2 Å².